The van der Waals surface area contributed by atoms with Crippen molar-refractivity contribution in [3.8, 4) is 0 Å². The molecule has 0 heterocycles. The van der Waals surface area contributed by atoms with Crippen molar-refractivity contribution in [2.75, 3.05) is 0 Å². The molecule has 4 rings (SSSR count). The Morgan fingerprint density at radius 1 is 0.607 bits per heavy atom. The fourth-order valence-corrected chi connectivity index (χ4v) is 68.0. The van der Waals surface area contributed by atoms with Gasteiger partial charge in [0.15, 0.2) is 0 Å². The van der Waals surface area contributed by atoms with Gasteiger partial charge in [0, 0.05) is 0 Å². The van der Waals surface area contributed by atoms with E-state index < -0.39 is 39.9 Å². The molecule has 0 N–H and O–H groups in total. The van der Waals surface area contributed by atoms with Gasteiger partial charge in [-0.3, -0.25) is 0 Å². The van der Waals surface area contributed by atoms with Gasteiger partial charge < -0.3 is 0 Å². The fourth-order valence-electron chi connectivity index (χ4n) is 5.97. The van der Waals surface area contributed by atoms with Crippen LogP contribution in [0.25, 0.3) is 12.2 Å². The summed E-state index contributed by atoms with van der Waals surface area (Å²) in [5.41, 5.74) is 9.55. The fraction of sp³-hybridized carbons (Fsp3) is 0.385. The van der Waals surface area contributed by atoms with Crippen LogP contribution in [0.4, 0.5) is 0 Å². The van der Waals surface area contributed by atoms with Crippen molar-refractivity contribution >= 4 is 12.2 Å². The molecular formula is C26H34Hf2. The molecule has 0 saturated carbocycles. The third kappa shape index (κ3) is 3.73. The van der Waals surface area contributed by atoms with Gasteiger partial charge in [0.2, 0.25) is 0 Å². The molecule has 2 heteroatoms. The van der Waals surface area contributed by atoms with Crippen molar-refractivity contribution in [2.45, 2.75) is 48.3 Å². The number of benzene rings is 2. The van der Waals surface area contributed by atoms with Gasteiger partial charge in [-0.05, 0) is 0 Å². The van der Waals surface area contributed by atoms with E-state index in [9.17, 15) is 0 Å². The maximum absolute atomic E-state index is 2.73. The summed E-state index contributed by atoms with van der Waals surface area (Å²) in [4.78, 5) is 0. The second kappa shape index (κ2) is 7.73. The van der Waals surface area contributed by atoms with E-state index in [1.54, 1.807) is 30.6 Å². The Labute approximate surface area is 180 Å². The van der Waals surface area contributed by atoms with Gasteiger partial charge in [0.25, 0.3) is 0 Å². The molecule has 0 aromatic heterocycles. The zero-order chi connectivity index (χ0) is 20.1. The van der Waals surface area contributed by atoms with Crippen molar-refractivity contribution < 1.29 is 39.9 Å². The summed E-state index contributed by atoms with van der Waals surface area (Å²) in [6.45, 7) is 4.78. The molecule has 28 heavy (non-hydrogen) atoms. The molecular weight excluding hydrogens is 669 g/mol. The first-order valence-corrected chi connectivity index (χ1v) is 34.3. The molecule has 2 unspecified atom stereocenters. The van der Waals surface area contributed by atoms with Crippen LogP contribution in [0, 0.1) is 0 Å². The first-order chi connectivity index (χ1) is 13.2. The van der Waals surface area contributed by atoms with E-state index in [0.717, 1.165) is 7.35 Å². The standard InChI is InChI=1S/2C10H9.C2H4.4CH3.2Hf/c2*1-8-6-9-4-2-3-5-10(9)7-8;1-2;;;;;;/h2*2-7H,1H3;1-2H2;4*1H3;;. The monoisotopic (exact) mass is 706 g/mol. The number of fused-ring (bicyclic) bond motifs is 2. The molecule has 2 aliphatic carbocycles. The Kier molecular flexibility index (Phi) is 5.77. The molecule has 0 aliphatic heterocycles. The van der Waals surface area contributed by atoms with Crippen LogP contribution in [0.5, 0.6) is 0 Å². The number of hydrogen-bond donors (Lipinski definition) is 0. The molecule has 0 saturated heterocycles. The quantitative estimate of drug-likeness (QED) is 0.274. The van der Waals surface area contributed by atoms with E-state index in [2.05, 4.69) is 93.3 Å². The minimum atomic E-state index is -2.41. The second-order valence-corrected chi connectivity index (χ2v) is 46.7. The van der Waals surface area contributed by atoms with Crippen LogP contribution < -0.4 is 0 Å². The van der Waals surface area contributed by atoms with Crippen molar-refractivity contribution in [3.05, 3.63) is 81.9 Å². The Hall–Kier alpha value is -0.340. The van der Waals surface area contributed by atoms with Gasteiger partial charge >= 0.3 is 182 Å². The Bertz CT molecular complexity index is 882. The van der Waals surface area contributed by atoms with Gasteiger partial charge in [0.05, 0.1) is 0 Å². The third-order valence-corrected chi connectivity index (χ3v) is 41.5. The minimum absolute atomic E-state index is 0.792. The van der Waals surface area contributed by atoms with Crippen LogP contribution in [0.3, 0.4) is 0 Å². The van der Waals surface area contributed by atoms with Gasteiger partial charge in [-0.15, -0.1) is 0 Å². The molecule has 2 aliphatic rings. The maximum atomic E-state index is 2.73. The first-order valence-electron chi connectivity index (χ1n) is 10.7. The normalized spacial score (nSPS) is 21.2. The Balaban J connectivity index is 1.56. The molecule has 0 fully saturated rings. The van der Waals surface area contributed by atoms with Crippen molar-refractivity contribution in [1.29, 1.82) is 0 Å². The second-order valence-electron chi connectivity index (χ2n) is 10.4. The third-order valence-electron chi connectivity index (χ3n) is 7.27. The van der Waals surface area contributed by atoms with Crippen LogP contribution in [0.15, 0.2) is 59.7 Å². The molecule has 0 nitrogen and oxygen atoms in total. The molecule has 2 aromatic rings. The summed E-state index contributed by atoms with van der Waals surface area (Å²) in [7, 11) is 0. The van der Waals surface area contributed by atoms with Crippen LogP contribution in [0.2, 0.25) is 27.1 Å². The van der Waals surface area contributed by atoms with Crippen LogP contribution >= 0.6 is 0 Å². The zero-order valence-corrected chi connectivity index (χ0v) is 25.5. The van der Waals surface area contributed by atoms with Crippen LogP contribution in [-0.2, 0) is 39.9 Å². The van der Waals surface area contributed by atoms with Crippen molar-refractivity contribution in [1.82, 2.24) is 0 Å². The SMILES string of the molecule is CC1=Cc2ccccc2[CH]1[Hf]([CH3])([CH3])[CH2][CH2][Hf]([CH3])([CH3])[CH]1C(C)=Cc2ccccc21. The predicted molar refractivity (Wildman–Crippen MR) is 119 cm³/mol. The van der Waals surface area contributed by atoms with Gasteiger partial charge in [0.1, 0.15) is 0 Å². The van der Waals surface area contributed by atoms with E-state index in [0.29, 0.717) is 0 Å². The zero-order valence-electron chi connectivity index (χ0n) is 18.3. The molecule has 2 aromatic carbocycles. The summed E-state index contributed by atoms with van der Waals surface area (Å²) in [5.74, 6) is 0. The predicted octanol–water partition coefficient (Wildman–Crippen LogP) is 8.64. The number of rotatable bonds is 5. The van der Waals surface area contributed by atoms with Gasteiger partial charge in [-0.25, -0.2) is 0 Å². The Morgan fingerprint density at radius 2 is 0.964 bits per heavy atom. The van der Waals surface area contributed by atoms with Crippen LogP contribution in [0.1, 0.15) is 43.5 Å². The summed E-state index contributed by atoms with van der Waals surface area (Å²) in [6.07, 6.45) is 4.94. The average Bonchev–Trinajstić information content (AvgIpc) is 3.16. The first kappa shape index (κ1) is 20.9. The summed E-state index contributed by atoms with van der Waals surface area (Å²) in [6, 6.07) is 18.3. The van der Waals surface area contributed by atoms with E-state index in [1.807, 2.05) is 0 Å². The topological polar surface area (TPSA) is 0 Å². The summed E-state index contributed by atoms with van der Waals surface area (Å²) < 4.78 is 15.6. The molecule has 0 radical (unpaired) electrons. The molecule has 0 spiro atoms. The number of hydrogen-bond acceptors (Lipinski definition) is 0. The molecule has 146 valence electrons. The Morgan fingerprint density at radius 3 is 1.36 bits per heavy atom. The van der Waals surface area contributed by atoms with Gasteiger partial charge in [-0.2, -0.15) is 0 Å². The van der Waals surface area contributed by atoms with E-state index in [-0.39, 0.29) is 0 Å². The molecule has 0 amide bonds. The van der Waals surface area contributed by atoms with Crippen molar-refractivity contribution in [3.63, 3.8) is 0 Å². The van der Waals surface area contributed by atoms with Crippen molar-refractivity contribution in [2.24, 2.45) is 0 Å². The summed E-state index contributed by atoms with van der Waals surface area (Å²) in [5, 5.41) is 0. The van der Waals surface area contributed by atoms with E-state index in [1.165, 1.54) is 11.1 Å². The molecule has 0 bridgehead atoms. The van der Waals surface area contributed by atoms with E-state index in [4.69, 9.17) is 0 Å². The van der Waals surface area contributed by atoms with Crippen LogP contribution in [-0.4, -0.2) is 0 Å². The molecule has 2 atom stereocenters. The number of allylic oxidation sites excluding steroid dienone is 2. The average molecular weight is 704 g/mol. The van der Waals surface area contributed by atoms with Gasteiger partial charge in [-0.1, -0.05) is 0 Å². The summed E-state index contributed by atoms with van der Waals surface area (Å²) >= 11 is -4.82. The van der Waals surface area contributed by atoms with E-state index >= 15 is 0 Å².